The van der Waals surface area contributed by atoms with Crippen molar-refractivity contribution in [3.8, 4) is 11.8 Å². The highest BCUT2D eigenvalue weighted by Crippen LogP contribution is 2.31. The lowest BCUT2D eigenvalue weighted by molar-refractivity contribution is -0.384. The maximum atomic E-state index is 13.4. The highest BCUT2D eigenvalue weighted by atomic mass is 19.1. The monoisotopic (exact) mass is 476 g/mol. The van der Waals surface area contributed by atoms with Crippen molar-refractivity contribution in [2.75, 3.05) is 42.9 Å². The molecule has 35 heavy (non-hydrogen) atoms. The minimum Gasteiger partial charge on any atom is -0.363 e. The molecule has 10 heteroatoms. The Morgan fingerprint density at radius 3 is 2.40 bits per heavy atom. The van der Waals surface area contributed by atoms with E-state index in [9.17, 15) is 24.6 Å². The van der Waals surface area contributed by atoms with Crippen LogP contribution in [0.4, 0.5) is 21.6 Å². The first-order valence-corrected chi connectivity index (χ1v) is 11.2. The normalized spacial score (nSPS) is 13.9. The summed E-state index contributed by atoms with van der Waals surface area (Å²) >= 11 is 0. The van der Waals surface area contributed by atoms with E-state index >= 15 is 0 Å². The molecule has 0 spiro atoms. The summed E-state index contributed by atoms with van der Waals surface area (Å²) in [6.45, 7) is 5.98. The van der Waals surface area contributed by atoms with E-state index in [0.29, 0.717) is 48.9 Å². The summed E-state index contributed by atoms with van der Waals surface area (Å²) in [6.07, 6.45) is 0. The number of hydrogen-bond acceptors (Lipinski definition) is 6. The quantitative estimate of drug-likeness (QED) is 0.429. The van der Waals surface area contributed by atoms with Gasteiger partial charge in [-0.15, -0.1) is 0 Å². The summed E-state index contributed by atoms with van der Waals surface area (Å²) in [5, 5.41) is 23.9. The SMILES string of the molecule is Cc1c(C#N)c(NC(=O)CN2CCN(c3ccccc3[N+](=O)[O-])CC2)n(-c2ccc(F)cc2)c1C. The zero-order valence-electron chi connectivity index (χ0n) is 19.5. The van der Waals surface area contributed by atoms with Crippen molar-refractivity contribution in [3.63, 3.8) is 0 Å². The van der Waals surface area contributed by atoms with Crippen LogP contribution in [0.25, 0.3) is 5.69 Å². The zero-order valence-corrected chi connectivity index (χ0v) is 19.5. The van der Waals surface area contributed by atoms with E-state index in [1.807, 2.05) is 23.6 Å². The first-order valence-electron chi connectivity index (χ1n) is 11.2. The summed E-state index contributed by atoms with van der Waals surface area (Å²) in [6, 6.07) is 14.7. The van der Waals surface area contributed by atoms with Crippen molar-refractivity contribution >= 4 is 23.1 Å². The van der Waals surface area contributed by atoms with E-state index in [4.69, 9.17) is 0 Å². The number of halogens is 1. The van der Waals surface area contributed by atoms with Crippen molar-refractivity contribution in [1.29, 1.82) is 5.26 Å². The number of carbonyl (C=O) groups excluding carboxylic acids is 1. The molecular weight excluding hydrogens is 451 g/mol. The predicted molar refractivity (Wildman–Crippen MR) is 130 cm³/mol. The second-order valence-corrected chi connectivity index (χ2v) is 8.41. The first kappa shape index (κ1) is 23.9. The number of nitro groups is 1. The number of carbonyl (C=O) groups is 1. The smallest absolute Gasteiger partial charge is 0.292 e. The van der Waals surface area contributed by atoms with Gasteiger partial charge in [-0.3, -0.25) is 24.4 Å². The average Bonchev–Trinajstić information content (AvgIpc) is 3.08. The average molecular weight is 477 g/mol. The van der Waals surface area contributed by atoms with E-state index in [1.54, 1.807) is 34.9 Å². The number of rotatable bonds is 6. The molecule has 4 rings (SSSR count). The number of nitriles is 1. The molecular formula is C25H25FN6O3. The summed E-state index contributed by atoms with van der Waals surface area (Å²) in [5.74, 6) is -0.291. The maximum absolute atomic E-state index is 13.4. The summed E-state index contributed by atoms with van der Waals surface area (Å²) in [4.78, 5) is 27.8. The van der Waals surface area contributed by atoms with Gasteiger partial charge in [0.1, 0.15) is 23.4 Å². The van der Waals surface area contributed by atoms with Gasteiger partial charge in [0.2, 0.25) is 5.91 Å². The van der Waals surface area contributed by atoms with Crippen LogP contribution in [0.2, 0.25) is 0 Å². The third kappa shape index (κ3) is 4.85. The molecule has 2 aromatic carbocycles. The molecule has 1 aliphatic heterocycles. The maximum Gasteiger partial charge on any atom is 0.292 e. The highest BCUT2D eigenvalue weighted by molar-refractivity contribution is 5.93. The molecule has 1 saturated heterocycles. The van der Waals surface area contributed by atoms with Gasteiger partial charge in [-0.25, -0.2) is 4.39 Å². The number of nitrogens with one attached hydrogen (secondary N) is 1. The Balaban J connectivity index is 1.47. The Morgan fingerprint density at radius 2 is 1.77 bits per heavy atom. The van der Waals surface area contributed by atoms with Gasteiger partial charge in [0.25, 0.3) is 5.69 Å². The molecule has 0 aliphatic carbocycles. The highest BCUT2D eigenvalue weighted by Gasteiger charge is 2.26. The molecule has 1 aliphatic rings. The predicted octanol–water partition coefficient (Wildman–Crippen LogP) is 3.77. The fourth-order valence-electron chi connectivity index (χ4n) is 4.38. The number of amides is 1. The Labute approximate surface area is 202 Å². The van der Waals surface area contributed by atoms with Crippen LogP contribution in [-0.4, -0.2) is 53.0 Å². The van der Waals surface area contributed by atoms with E-state index in [0.717, 1.165) is 11.3 Å². The molecule has 0 bridgehead atoms. The zero-order chi connectivity index (χ0) is 25.1. The molecule has 180 valence electrons. The van der Waals surface area contributed by atoms with Crippen LogP contribution < -0.4 is 10.2 Å². The lowest BCUT2D eigenvalue weighted by Gasteiger charge is -2.35. The molecule has 9 nitrogen and oxygen atoms in total. The third-order valence-electron chi connectivity index (χ3n) is 6.33. The Morgan fingerprint density at radius 1 is 1.11 bits per heavy atom. The van der Waals surface area contributed by atoms with Crippen molar-refractivity contribution in [2.45, 2.75) is 13.8 Å². The summed E-state index contributed by atoms with van der Waals surface area (Å²) in [5.41, 5.74) is 3.16. The van der Waals surface area contributed by atoms with Gasteiger partial charge in [-0.2, -0.15) is 5.26 Å². The van der Waals surface area contributed by atoms with Crippen LogP contribution >= 0.6 is 0 Å². The van der Waals surface area contributed by atoms with E-state index < -0.39 is 0 Å². The Kier molecular flexibility index (Phi) is 6.80. The van der Waals surface area contributed by atoms with Gasteiger partial charge < -0.3 is 10.2 Å². The number of piperazine rings is 1. The minimum atomic E-state index is -0.387. The molecule has 0 saturated carbocycles. The van der Waals surface area contributed by atoms with Gasteiger partial charge >= 0.3 is 0 Å². The van der Waals surface area contributed by atoms with Crippen LogP contribution in [0.1, 0.15) is 16.8 Å². The Bertz CT molecular complexity index is 1300. The number of anilines is 2. The number of aromatic nitrogens is 1. The largest absolute Gasteiger partial charge is 0.363 e. The van der Waals surface area contributed by atoms with E-state index in [2.05, 4.69) is 11.4 Å². The summed E-state index contributed by atoms with van der Waals surface area (Å²) < 4.78 is 15.2. The van der Waals surface area contributed by atoms with Gasteiger partial charge in [0.15, 0.2) is 0 Å². The number of para-hydroxylation sites is 2. The molecule has 1 fully saturated rings. The van der Waals surface area contributed by atoms with Crippen LogP contribution in [0, 0.1) is 41.1 Å². The minimum absolute atomic E-state index is 0.0648. The lowest BCUT2D eigenvalue weighted by atomic mass is 10.2. The molecule has 3 aromatic rings. The third-order valence-corrected chi connectivity index (χ3v) is 6.33. The lowest BCUT2D eigenvalue weighted by Crippen LogP contribution is -2.48. The van der Waals surface area contributed by atoms with Gasteiger partial charge in [-0.1, -0.05) is 12.1 Å². The Hall–Kier alpha value is -4.23. The standard InChI is InChI=1S/C25H25FN6O3/c1-17-18(2)31(20-9-7-19(26)8-10-20)25(21(17)15-27)28-24(33)16-29-11-13-30(14-12-29)22-5-3-4-6-23(22)32(34)35/h3-10H,11-14,16H2,1-2H3,(H,28,33). The molecule has 1 amide bonds. The molecule has 2 heterocycles. The topological polar surface area (TPSA) is 107 Å². The molecule has 0 radical (unpaired) electrons. The van der Waals surface area contributed by atoms with Crippen molar-refractivity contribution < 1.29 is 14.1 Å². The van der Waals surface area contributed by atoms with Crippen LogP contribution in [0.5, 0.6) is 0 Å². The van der Waals surface area contributed by atoms with Crippen molar-refractivity contribution in [2.24, 2.45) is 0 Å². The van der Waals surface area contributed by atoms with Gasteiger partial charge in [0.05, 0.1) is 17.0 Å². The fourth-order valence-corrected chi connectivity index (χ4v) is 4.38. The van der Waals surface area contributed by atoms with Gasteiger partial charge in [-0.05, 0) is 49.7 Å². The second kappa shape index (κ2) is 9.95. The first-order chi connectivity index (χ1) is 16.8. The number of nitro benzene ring substituents is 1. The van der Waals surface area contributed by atoms with Crippen LogP contribution in [-0.2, 0) is 4.79 Å². The number of benzene rings is 2. The molecule has 1 aromatic heterocycles. The fraction of sp³-hybridized carbons (Fsp3) is 0.280. The number of nitrogens with zero attached hydrogens (tertiary/aromatic N) is 5. The second-order valence-electron chi connectivity index (χ2n) is 8.41. The van der Waals surface area contributed by atoms with Crippen LogP contribution in [0.15, 0.2) is 48.5 Å². The van der Waals surface area contributed by atoms with Crippen molar-refractivity contribution in [3.05, 3.63) is 81.3 Å². The van der Waals surface area contributed by atoms with E-state index in [-0.39, 0.29) is 28.9 Å². The van der Waals surface area contributed by atoms with E-state index in [1.165, 1.54) is 18.2 Å². The van der Waals surface area contributed by atoms with Gasteiger partial charge in [0, 0.05) is 43.6 Å². The summed E-state index contributed by atoms with van der Waals surface area (Å²) in [7, 11) is 0. The van der Waals surface area contributed by atoms with Crippen LogP contribution in [0.3, 0.4) is 0 Å². The number of hydrogen-bond donors (Lipinski definition) is 1. The molecule has 0 unspecified atom stereocenters. The molecule has 1 N–H and O–H groups in total. The molecule has 0 atom stereocenters. The van der Waals surface area contributed by atoms with Crippen molar-refractivity contribution in [1.82, 2.24) is 9.47 Å².